The van der Waals surface area contributed by atoms with Gasteiger partial charge in [0.15, 0.2) is 0 Å². The van der Waals surface area contributed by atoms with Gasteiger partial charge in [0.05, 0.1) is 28.5 Å². The van der Waals surface area contributed by atoms with Crippen LogP contribution in [0.15, 0.2) is 30.3 Å². The number of aromatic nitrogens is 2. The van der Waals surface area contributed by atoms with Gasteiger partial charge in [-0.05, 0) is 62.0 Å². The van der Waals surface area contributed by atoms with Crippen LogP contribution in [0.25, 0.3) is 10.8 Å². The minimum absolute atomic E-state index is 0.220. The average molecular weight is 633 g/mol. The van der Waals surface area contributed by atoms with Gasteiger partial charge < -0.3 is 25.0 Å². The SMILES string of the molecule is Oc1cc(N2CCc3c(nc(OC[C@]45C[C@H](F)CN4[C@H]4CCCC[C@H]4C5)nc3N3CC4CCC(C3)N4)C2)c2c(Cl)cccc2c1. The van der Waals surface area contributed by atoms with Crippen molar-refractivity contribution in [3.05, 3.63) is 46.6 Å². The lowest BCUT2D eigenvalue weighted by molar-refractivity contribution is 0.0772. The molecule has 1 saturated carbocycles. The molecule has 6 atom stereocenters. The molecule has 1 aromatic heterocycles. The fourth-order valence-electron chi connectivity index (χ4n) is 9.90. The van der Waals surface area contributed by atoms with E-state index in [4.69, 9.17) is 26.3 Å². The van der Waals surface area contributed by atoms with E-state index < -0.39 is 6.17 Å². The topological polar surface area (TPSA) is 77.0 Å². The Morgan fingerprint density at radius 2 is 1.87 bits per heavy atom. The zero-order valence-electron chi connectivity index (χ0n) is 25.7. The third-order valence-corrected chi connectivity index (χ3v) is 12.1. The number of halogens is 2. The molecule has 0 amide bonds. The van der Waals surface area contributed by atoms with Gasteiger partial charge in [-0.3, -0.25) is 4.90 Å². The monoisotopic (exact) mass is 632 g/mol. The van der Waals surface area contributed by atoms with E-state index in [2.05, 4.69) is 20.0 Å². The van der Waals surface area contributed by atoms with Gasteiger partial charge in [0.2, 0.25) is 0 Å². The van der Waals surface area contributed by atoms with Gasteiger partial charge in [0.25, 0.3) is 0 Å². The third kappa shape index (κ3) is 4.83. The second kappa shape index (κ2) is 10.8. The maximum Gasteiger partial charge on any atom is 0.318 e. The molecule has 5 fully saturated rings. The summed E-state index contributed by atoms with van der Waals surface area (Å²) in [7, 11) is 0. The van der Waals surface area contributed by atoms with Crippen LogP contribution in [0.4, 0.5) is 15.9 Å². The average Bonchev–Trinajstić information content (AvgIpc) is 3.65. The summed E-state index contributed by atoms with van der Waals surface area (Å²) in [4.78, 5) is 17.4. The molecule has 2 N–H and O–H groups in total. The van der Waals surface area contributed by atoms with E-state index in [1.165, 1.54) is 44.1 Å². The highest BCUT2D eigenvalue weighted by atomic mass is 35.5. The fourth-order valence-corrected chi connectivity index (χ4v) is 10.2. The first kappa shape index (κ1) is 28.4. The maximum absolute atomic E-state index is 15.0. The predicted molar refractivity (Wildman–Crippen MR) is 174 cm³/mol. The number of nitrogens with one attached hydrogen (secondary N) is 1. The predicted octanol–water partition coefficient (Wildman–Crippen LogP) is 5.62. The van der Waals surface area contributed by atoms with Gasteiger partial charge in [0, 0.05) is 67.7 Å². The lowest BCUT2D eigenvalue weighted by Gasteiger charge is -2.38. The van der Waals surface area contributed by atoms with Crippen molar-refractivity contribution in [3.8, 4) is 11.8 Å². The van der Waals surface area contributed by atoms with E-state index in [1.54, 1.807) is 6.07 Å². The molecular weight excluding hydrogens is 591 g/mol. The number of anilines is 2. The van der Waals surface area contributed by atoms with Crippen LogP contribution in [0.2, 0.25) is 5.02 Å². The van der Waals surface area contributed by atoms with Crippen molar-refractivity contribution < 1.29 is 14.2 Å². The summed E-state index contributed by atoms with van der Waals surface area (Å²) in [5, 5.41) is 16.9. The Morgan fingerprint density at radius 3 is 2.73 bits per heavy atom. The molecule has 0 radical (unpaired) electrons. The van der Waals surface area contributed by atoms with E-state index in [1.807, 2.05) is 24.3 Å². The Bertz CT molecular complexity index is 1630. The summed E-state index contributed by atoms with van der Waals surface area (Å²) in [6.07, 6.45) is 8.87. The summed E-state index contributed by atoms with van der Waals surface area (Å²) in [6.45, 7) is 4.16. The van der Waals surface area contributed by atoms with Gasteiger partial charge in [-0.2, -0.15) is 9.97 Å². The van der Waals surface area contributed by atoms with Gasteiger partial charge >= 0.3 is 6.01 Å². The molecule has 6 heterocycles. The number of fused-ring (bicyclic) bond motifs is 7. The Kier molecular flexibility index (Phi) is 6.83. The van der Waals surface area contributed by atoms with E-state index >= 15 is 0 Å². The minimum Gasteiger partial charge on any atom is -0.508 e. The molecule has 3 aromatic rings. The second-order valence-electron chi connectivity index (χ2n) is 14.6. The number of benzene rings is 2. The molecule has 5 aliphatic heterocycles. The number of phenols is 1. The number of hydrogen-bond acceptors (Lipinski definition) is 8. The van der Waals surface area contributed by atoms with Crippen molar-refractivity contribution in [2.75, 3.05) is 42.6 Å². The van der Waals surface area contributed by atoms with E-state index in [-0.39, 0.29) is 11.3 Å². The summed E-state index contributed by atoms with van der Waals surface area (Å²) in [5.41, 5.74) is 2.79. The molecule has 8 nitrogen and oxygen atoms in total. The first-order valence-corrected chi connectivity index (χ1v) is 17.4. The maximum atomic E-state index is 15.0. The lowest BCUT2D eigenvalue weighted by Crippen LogP contribution is -2.52. The van der Waals surface area contributed by atoms with Crippen LogP contribution in [-0.2, 0) is 13.0 Å². The Morgan fingerprint density at radius 1 is 1.02 bits per heavy atom. The number of hydrogen-bond donors (Lipinski definition) is 2. The molecule has 2 bridgehead atoms. The summed E-state index contributed by atoms with van der Waals surface area (Å²) in [5.74, 6) is 1.86. The molecule has 10 heteroatoms. The van der Waals surface area contributed by atoms with Crippen LogP contribution in [0, 0.1) is 5.92 Å². The molecular formula is C35H42ClFN6O2. The molecule has 2 unspecified atom stereocenters. The van der Waals surface area contributed by atoms with Crippen molar-refractivity contribution in [2.24, 2.45) is 5.92 Å². The highest BCUT2D eigenvalue weighted by molar-refractivity contribution is 6.36. The molecule has 6 aliphatic rings. The number of rotatable bonds is 5. The molecule has 2 aromatic carbocycles. The van der Waals surface area contributed by atoms with E-state index in [0.717, 1.165) is 60.4 Å². The zero-order chi connectivity index (χ0) is 30.3. The molecule has 238 valence electrons. The van der Waals surface area contributed by atoms with E-state index in [9.17, 15) is 9.50 Å². The molecule has 45 heavy (non-hydrogen) atoms. The summed E-state index contributed by atoms with van der Waals surface area (Å²) in [6, 6.07) is 11.2. The van der Waals surface area contributed by atoms with Crippen molar-refractivity contribution in [2.45, 2.75) is 94.2 Å². The molecule has 4 saturated heterocycles. The molecule has 9 rings (SSSR count). The smallest absolute Gasteiger partial charge is 0.318 e. The van der Waals surface area contributed by atoms with Gasteiger partial charge in [0.1, 0.15) is 24.3 Å². The number of ether oxygens (including phenoxy) is 1. The van der Waals surface area contributed by atoms with Crippen LogP contribution >= 0.6 is 11.6 Å². The fraction of sp³-hybridized carbons (Fsp3) is 0.600. The normalized spacial score (nSPS) is 32.5. The van der Waals surface area contributed by atoms with Gasteiger partial charge in [-0.25, -0.2) is 4.39 Å². The summed E-state index contributed by atoms with van der Waals surface area (Å²) >= 11 is 6.72. The van der Waals surface area contributed by atoms with Crippen molar-refractivity contribution in [1.29, 1.82) is 0 Å². The van der Waals surface area contributed by atoms with Crippen molar-refractivity contribution in [3.63, 3.8) is 0 Å². The van der Waals surface area contributed by atoms with Crippen molar-refractivity contribution in [1.82, 2.24) is 20.2 Å². The largest absolute Gasteiger partial charge is 0.508 e. The van der Waals surface area contributed by atoms with Crippen LogP contribution in [0.3, 0.4) is 0 Å². The minimum atomic E-state index is -0.801. The standard InChI is InChI=1S/C35H42ClFN6O2/c36-28-6-3-5-21-12-26(44)13-31(32(21)28)41-11-10-27-29(19-41)39-34(40-33(27)42-17-24-8-9-25(18-42)38-24)45-20-35-14-22-4-1-2-7-30(22)43(35)16-23(37)15-35/h3,5-6,12-13,22-25,30,38,44H,1-2,4,7-11,14-20H2/t22-,23-,24?,25?,30-,35-/m0/s1. The van der Waals surface area contributed by atoms with Crippen LogP contribution in [-0.4, -0.2) is 82.6 Å². The first-order chi connectivity index (χ1) is 21.9. The first-order valence-electron chi connectivity index (χ1n) is 17.0. The number of aromatic hydroxyl groups is 1. The van der Waals surface area contributed by atoms with E-state index in [0.29, 0.717) is 61.2 Å². The highest BCUT2D eigenvalue weighted by Gasteiger charge is 2.57. The van der Waals surface area contributed by atoms with Crippen LogP contribution < -0.4 is 19.9 Å². The quantitative estimate of drug-likeness (QED) is 0.376. The van der Waals surface area contributed by atoms with Crippen molar-refractivity contribution >= 4 is 33.9 Å². The Hall–Kier alpha value is -2.88. The number of alkyl halides is 1. The molecule has 0 spiro atoms. The van der Waals surface area contributed by atoms with Gasteiger partial charge in [-0.15, -0.1) is 0 Å². The lowest BCUT2D eigenvalue weighted by atomic mass is 9.81. The van der Waals surface area contributed by atoms with Gasteiger partial charge in [-0.1, -0.05) is 36.6 Å². The van der Waals surface area contributed by atoms with Crippen LogP contribution in [0.5, 0.6) is 11.8 Å². The Labute approximate surface area is 268 Å². The number of nitrogens with zero attached hydrogens (tertiary/aromatic N) is 5. The number of piperazine rings is 1. The summed E-state index contributed by atoms with van der Waals surface area (Å²) < 4.78 is 21.6. The Balaban J connectivity index is 1.06. The van der Waals surface area contributed by atoms with Crippen LogP contribution in [0.1, 0.15) is 62.6 Å². The zero-order valence-corrected chi connectivity index (χ0v) is 26.5. The number of phenolic OH excluding ortho intramolecular Hbond substituents is 1. The second-order valence-corrected chi connectivity index (χ2v) is 15.0. The third-order valence-electron chi connectivity index (χ3n) is 11.8. The highest BCUT2D eigenvalue weighted by Crippen LogP contribution is 2.51. The molecule has 1 aliphatic carbocycles.